The second-order valence-corrected chi connectivity index (χ2v) is 9.85. The number of benzene rings is 1. The molecule has 1 saturated heterocycles. The number of amides is 1. The molecule has 0 bridgehead atoms. The highest BCUT2D eigenvalue weighted by molar-refractivity contribution is 7.98. The van der Waals surface area contributed by atoms with E-state index in [2.05, 4.69) is 5.32 Å². The van der Waals surface area contributed by atoms with E-state index in [4.69, 9.17) is 0 Å². The van der Waals surface area contributed by atoms with Gasteiger partial charge in [-0.1, -0.05) is 12.1 Å². The maximum absolute atomic E-state index is 12.7. The Morgan fingerprint density at radius 2 is 2.16 bits per heavy atom. The van der Waals surface area contributed by atoms with E-state index in [1.54, 1.807) is 29.3 Å². The number of thiophene rings is 1. The van der Waals surface area contributed by atoms with Gasteiger partial charge < -0.3 is 5.32 Å². The molecule has 1 atom stereocenters. The zero-order chi connectivity index (χ0) is 17.9. The molecule has 0 spiro atoms. The molecule has 1 amide bonds. The number of thioether (sulfide) groups is 1. The third-order valence-corrected chi connectivity index (χ3v) is 8.14. The largest absolute Gasteiger partial charge is 0.326 e. The topological polar surface area (TPSA) is 66.5 Å². The predicted octanol–water partition coefficient (Wildman–Crippen LogP) is 3.51. The van der Waals surface area contributed by atoms with Crippen molar-refractivity contribution in [1.82, 2.24) is 4.31 Å². The lowest BCUT2D eigenvalue weighted by molar-refractivity contribution is -0.120. The van der Waals surface area contributed by atoms with Crippen LogP contribution in [0.2, 0.25) is 0 Å². The van der Waals surface area contributed by atoms with E-state index in [0.29, 0.717) is 23.6 Å². The molecule has 1 aromatic heterocycles. The number of hydrogen-bond donors (Lipinski definition) is 1. The Morgan fingerprint density at radius 3 is 2.88 bits per heavy atom. The van der Waals surface area contributed by atoms with Crippen LogP contribution < -0.4 is 5.32 Å². The molecule has 0 aliphatic carbocycles. The smallest absolute Gasteiger partial charge is 0.252 e. The zero-order valence-corrected chi connectivity index (χ0v) is 16.3. The molecule has 3 rings (SSSR count). The van der Waals surface area contributed by atoms with Crippen LogP contribution in [0.4, 0.5) is 5.69 Å². The molecule has 2 aromatic rings. The minimum atomic E-state index is -3.50. The molecule has 1 aliphatic heterocycles. The Bertz CT molecular complexity index is 835. The van der Waals surface area contributed by atoms with Gasteiger partial charge in [0.15, 0.2) is 0 Å². The van der Waals surface area contributed by atoms with Crippen molar-refractivity contribution in [2.24, 2.45) is 5.92 Å². The molecular formula is C17H20N2O3S3. The quantitative estimate of drug-likeness (QED) is 0.786. The van der Waals surface area contributed by atoms with Crippen LogP contribution in [0.25, 0.3) is 0 Å². The molecule has 25 heavy (non-hydrogen) atoms. The summed E-state index contributed by atoms with van der Waals surface area (Å²) < 4.78 is 27.1. The highest BCUT2D eigenvalue weighted by Gasteiger charge is 2.33. The molecule has 0 saturated carbocycles. The van der Waals surface area contributed by atoms with Crippen molar-refractivity contribution in [3.8, 4) is 0 Å². The highest BCUT2D eigenvalue weighted by atomic mass is 32.2. The third kappa shape index (κ3) is 4.25. The van der Waals surface area contributed by atoms with Crippen molar-refractivity contribution < 1.29 is 13.2 Å². The van der Waals surface area contributed by atoms with Crippen molar-refractivity contribution >= 4 is 44.7 Å². The minimum absolute atomic E-state index is 0.121. The molecule has 1 aliphatic rings. The molecule has 1 N–H and O–H groups in total. The Balaban J connectivity index is 1.69. The second kappa shape index (κ2) is 7.90. The van der Waals surface area contributed by atoms with Gasteiger partial charge in [0.05, 0.1) is 5.92 Å². The standard InChI is InChI=1S/C17H20N2O3S3/c1-23-15-7-2-6-14(11-15)18-17(20)13-5-3-9-19(12-13)25(21,22)16-8-4-10-24-16/h2,4,6-8,10-11,13H,3,5,9,12H2,1H3,(H,18,20)/t13-/m0/s1. The zero-order valence-electron chi connectivity index (χ0n) is 13.8. The van der Waals surface area contributed by atoms with Crippen LogP contribution in [0.5, 0.6) is 0 Å². The van der Waals surface area contributed by atoms with Crippen molar-refractivity contribution in [2.75, 3.05) is 24.7 Å². The van der Waals surface area contributed by atoms with Crippen molar-refractivity contribution in [1.29, 1.82) is 0 Å². The lowest BCUT2D eigenvalue weighted by Gasteiger charge is -2.30. The molecule has 1 aromatic carbocycles. The number of anilines is 1. The van der Waals surface area contributed by atoms with Crippen LogP contribution in [0.15, 0.2) is 50.9 Å². The number of sulfonamides is 1. The molecule has 5 nitrogen and oxygen atoms in total. The van der Waals surface area contributed by atoms with Crippen molar-refractivity contribution in [3.63, 3.8) is 0 Å². The maximum atomic E-state index is 12.7. The average Bonchev–Trinajstić information content (AvgIpc) is 3.17. The van der Waals surface area contributed by atoms with Gasteiger partial charge in [-0.3, -0.25) is 4.79 Å². The molecule has 8 heteroatoms. The lowest BCUT2D eigenvalue weighted by atomic mass is 9.99. The molecule has 0 unspecified atom stereocenters. The summed E-state index contributed by atoms with van der Waals surface area (Å²) in [7, 11) is -3.50. The molecule has 1 fully saturated rings. The van der Waals surface area contributed by atoms with Crippen molar-refractivity contribution in [2.45, 2.75) is 21.9 Å². The fourth-order valence-corrected chi connectivity index (χ4v) is 5.99. The first kappa shape index (κ1) is 18.4. The Kier molecular flexibility index (Phi) is 5.83. The van der Waals surface area contributed by atoms with E-state index in [-0.39, 0.29) is 18.4 Å². The minimum Gasteiger partial charge on any atom is -0.326 e. The van der Waals surface area contributed by atoms with Gasteiger partial charge in [-0.05, 0) is 48.7 Å². The van der Waals surface area contributed by atoms with Gasteiger partial charge in [0.2, 0.25) is 5.91 Å². The fraction of sp³-hybridized carbons (Fsp3) is 0.353. The van der Waals surface area contributed by atoms with Gasteiger partial charge >= 0.3 is 0 Å². The van der Waals surface area contributed by atoms with E-state index < -0.39 is 10.0 Å². The molecular weight excluding hydrogens is 376 g/mol. The van der Waals surface area contributed by atoms with Gasteiger partial charge in [-0.25, -0.2) is 8.42 Å². The first-order valence-corrected chi connectivity index (χ1v) is 11.5. The number of nitrogens with one attached hydrogen (secondary N) is 1. The monoisotopic (exact) mass is 396 g/mol. The Labute approximate surface area is 156 Å². The number of rotatable bonds is 5. The van der Waals surface area contributed by atoms with Gasteiger partial charge in [-0.15, -0.1) is 23.1 Å². The van der Waals surface area contributed by atoms with E-state index in [1.807, 2.05) is 30.5 Å². The summed E-state index contributed by atoms with van der Waals surface area (Å²) in [5, 5.41) is 4.67. The molecule has 134 valence electrons. The van der Waals surface area contributed by atoms with Crippen LogP contribution in [0.1, 0.15) is 12.8 Å². The fourth-order valence-electron chi connectivity index (χ4n) is 2.86. The highest BCUT2D eigenvalue weighted by Crippen LogP contribution is 2.27. The summed E-state index contributed by atoms with van der Waals surface area (Å²) in [5.41, 5.74) is 0.745. The number of nitrogens with zero attached hydrogens (tertiary/aromatic N) is 1. The molecule has 0 radical (unpaired) electrons. The van der Waals surface area contributed by atoms with E-state index >= 15 is 0 Å². The Hall–Kier alpha value is -1.35. The van der Waals surface area contributed by atoms with E-state index in [0.717, 1.165) is 10.6 Å². The normalized spacial score (nSPS) is 18.8. The number of hydrogen-bond acceptors (Lipinski definition) is 5. The molecule has 2 heterocycles. The second-order valence-electron chi connectivity index (χ2n) is 5.86. The summed E-state index contributed by atoms with van der Waals surface area (Å²) in [6.45, 7) is 0.695. The average molecular weight is 397 g/mol. The van der Waals surface area contributed by atoms with Crippen molar-refractivity contribution in [3.05, 3.63) is 41.8 Å². The first-order valence-electron chi connectivity index (χ1n) is 7.99. The summed E-state index contributed by atoms with van der Waals surface area (Å²) in [6, 6.07) is 11.0. The van der Waals surface area contributed by atoms with Crippen LogP contribution in [0.3, 0.4) is 0 Å². The van der Waals surface area contributed by atoms with E-state index in [9.17, 15) is 13.2 Å². The number of carbonyl (C=O) groups is 1. The number of carbonyl (C=O) groups excluding carboxylic acids is 1. The van der Waals surface area contributed by atoms with Gasteiger partial charge in [0.1, 0.15) is 4.21 Å². The summed E-state index contributed by atoms with van der Waals surface area (Å²) in [4.78, 5) is 13.7. The summed E-state index contributed by atoms with van der Waals surface area (Å²) in [6.07, 6.45) is 3.37. The van der Waals surface area contributed by atoms with Gasteiger partial charge in [0, 0.05) is 23.7 Å². The lowest BCUT2D eigenvalue weighted by Crippen LogP contribution is -2.43. The maximum Gasteiger partial charge on any atom is 0.252 e. The van der Waals surface area contributed by atoms with Crippen LogP contribution >= 0.6 is 23.1 Å². The van der Waals surface area contributed by atoms with Gasteiger partial charge in [0.25, 0.3) is 10.0 Å². The summed E-state index contributed by atoms with van der Waals surface area (Å²) >= 11 is 2.82. The van der Waals surface area contributed by atoms with Crippen LogP contribution in [-0.4, -0.2) is 38.0 Å². The number of piperidine rings is 1. The Morgan fingerprint density at radius 1 is 1.32 bits per heavy atom. The van der Waals surface area contributed by atoms with Gasteiger partial charge in [-0.2, -0.15) is 4.31 Å². The third-order valence-electron chi connectivity index (χ3n) is 4.18. The SMILES string of the molecule is CSc1cccc(NC(=O)[C@H]2CCCN(S(=O)(=O)c3cccs3)C2)c1. The van der Waals surface area contributed by atoms with Crippen LogP contribution in [-0.2, 0) is 14.8 Å². The van der Waals surface area contributed by atoms with Crippen LogP contribution in [0, 0.1) is 5.92 Å². The summed E-state index contributed by atoms with van der Waals surface area (Å²) in [5.74, 6) is -0.453. The van der Waals surface area contributed by atoms with E-state index in [1.165, 1.54) is 15.6 Å². The predicted molar refractivity (Wildman–Crippen MR) is 103 cm³/mol. The first-order chi connectivity index (χ1) is 12.0.